The molecule has 1 amide bonds. The number of non-ortho nitro benzene ring substituents is 1. The Labute approximate surface area is 144 Å². The van der Waals surface area contributed by atoms with E-state index in [1.165, 1.54) is 42.5 Å². The molecule has 0 radical (unpaired) electrons. The van der Waals surface area contributed by atoms with Crippen molar-refractivity contribution in [1.29, 1.82) is 0 Å². The van der Waals surface area contributed by atoms with Gasteiger partial charge in [-0.3, -0.25) is 25.0 Å². The second-order valence-corrected chi connectivity index (χ2v) is 5.13. The third-order valence-corrected chi connectivity index (χ3v) is 3.53. The molecular weight excluding hydrogens is 346 g/mol. The number of rotatable bonds is 4. The maximum absolute atomic E-state index is 12.3. The molecule has 130 valence electrons. The third-order valence-electron chi connectivity index (χ3n) is 3.53. The summed E-state index contributed by atoms with van der Waals surface area (Å²) in [6, 6.07) is 10.5. The molecule has 0 fully saturated rings. The quantitative estimate of drug-likeness (QED) is 0.430. The number of carbonyl (C=O) groups is 1. The van der Waals surface area contributed by atoms with Gasteiger partial charge in [0.2, 0.25) is 5.58 Å². The maximum Gasteiger partial charge on any atom is 0.360 e. The van der Waals surface area contributed by atoms with Gasteiger partial charge in [0.25, 0.3) is 11.6 Å². The summed E-state index contributed by atoms with van der Waals surface area (Å²) in [4.78, 5) is 44.9. The monoisotopic (exact) mass is 355 g/mol. The number of nitrogens with zero attached hydrogens (tertiary/aromatic N) is 2. The van der Waals surface area contributed by atoms with E-state index in [1.54, 1.807) is 0 Å². The molecule has 0 bridgehead atoms. The summed E-state index contributed by atoms with van der Waals surface area (Å²) in [5.41, 5.74) is -2.59. The molecule has 10 nitrogen and oxygen atoms in total. The van der Waals surface area contributed by atoms with Crippen LogP contribution in [0.4, 0.5) is 17.1 Å². The highest BCUT2D eigenvalue weighted by Crippen LogP contribution is 2.26. The molecule has 0 atom stereocenters. The first-order valence-electron chi connectivity index (χ1n) is 7.14. The smallest absolute Gasteiger partial charge is 0.360 e. The lowest BCUT2D eigenvalue weighted by atomic mass is 10.1. The van der Waals surface area contributed by atoms with Crippen LogP contribution in [0.2, 0.25) is 0 Å². The van der Waals surface area contributed by atoms with E-state index in [-0.39, 0.29) is 22.2 Å². The van der Waals surface area contributed by atoms with Crippen molar-refractivity contribution in [1.82, 2.24) is 0 Å². The number of anilines is 1. The van der Waals surface area contributed by atoms with Crippen molar-refractivity contribution in [2.45, 2.75) is 0 Å². The van der Waals surface area contributed by atoms with Gasteiger partial charge in [-0.1, -0.05) is 24.3 Å². The number of fused-ring (bicyclic) bond motifs is 1. The molecule has 0 saturated heterocycles. The van der Waals surface area contributed by atoms with Gasteiger partial charge in [-0.05, 0) is 12.1 Å². The summed E-state index contributed by atoms with van der Waals surface area (Å²) in [6.07, 6.45) is 0. The Morgan fingerprint density at radius 1 is 0.962 bits per heavy atom. The highest BCUT2D eigenvalue weighted by molar-refractivity contribution is 6.07. The zero-order valence-corrected chi connectivity index (χ0v) is 12.9. The highest BCUT2D eigenvalue weighted by atomic mass is 16.6. The molecular formula is C16H9N3O7. The molecule has 3 rings (SSSR count). The average molecular weight is 355 g/mol. The van der Waals surface area contributed by atoms with Crippen LogP contribution in [0.15, 0.2) is 57.7 Å². The van der Waals surface area contributed by atoms with Gasteiger partial charge in [0.1, 0.15) is 11.3 Å². The Kier molecular flexibility index (Phi) is 4.15. The van der Waals surface area contributed by atoms with Crippen LogP contribution in [0, 0.1) is 20.2 Å². The number of carbonyl (C=O) groups excluding carboxylic acids is 1. The molecule has 2 aromatic carbocycles. The zero-order chi connectivity index (χ0) is 18.8. The van der Waals surface area contributed by atoms with E-state index in [9.17, 15) is 29.8 Å². The molecule has 0 aliphatic rings. The van der Waals surface area contributed by atoms with Gasteiger partial charge in [-0.2, -0.15) is 0 Å². The van der Waals surface area contributed by atoms with Crippen LogP contribution in [-0.4, -0.2) is 15.8 Å². The van der Waals surface area contributed by atoms with Gasteiger partial charge >= 0.3 is 11.3 Å². The Hall–Kier alpha value is -4.08. The number of para-hydroxylation sites is 2. The second kappa shape index (κ2) is 6.43. The van der Waals surface area contributed by atoms with E-state index in [0.29, 0.717) is 0 Å². The molecule has 3 aromatic rings. The lowest BCUT2D eigenvalue weighted by Crippen LogP contribution is -2.19. The summed E-state index contributed by atoms with van der Waals surface area (Å²) < 4.78 is 4.95. The lowest BCUT2D eigenvalue weighted by Gasteiger charge is -2.06. The SMILES string of the molecule is O=C(Nc1cc2cccc([N+](=O)[O-])c2oc1=O)c1ccccc1[N+](=O)[O-]. The Balaban J connectivity index is 2.04. The molecule has 0 aliphatic carbocycles. The minimum Gasteiger partial charge on any atom is -0.414 e. The second-order valence-electron chi connectivity index (χ2n) is 5.13. The number of nitro groups is 2. The highest BCUT2D eigenvalue weighted by Gasteiger charge is 2.21. The number of nitrogens with one attached hydrogen (secondary N) is 1. The third kappa shape index (κ3) is 2.98. The molecule has 0 saturated carbocycles. The van der Waals surface area contributed by atoms with E-state index < -0.39 is 32.8 Å². The molecule has 0 unspecified atom stereocenters. The summed E-state index contributed by atoms with van der Waals surface area (Å²) in [6.45, 7) is 0. The number of hydrogen-bond donors (Lipinski definition) is 1. The number of amides is 1. The Morgan fingerprint density at radius 3 is 2.31 bits per heavy atom. The van der Waals surface area contributed by atoms with Crippen LogP contribution in [0.5, 0.6) is 0 Å². The van der Waals surface area contributed by atoms with Gasteiger partial charge in [-0.25, -0.2) is 4.79 Å². The molecule has 1 N–H and O–H groups in total. The zero-order valence-electron chi connectivity index (χ0n) is 12.9. The number of hydrogen-bond acceptors (Lipinski definition) is 7. The fourth-order valence-electron chi connectivity index (χ4n) is 2.37. The van der Waals surface area contributed by atoms with Gasteiger partial charge in [0, 0.05) is 17.5 Å². The number of benzene rings is 2. The Morgan fingerprint density at radius 2 is 1.62 bits per heavy atom. The van der Waals surface area contributed by atoms with Crippen molar-refractivity contribution in [3.63, 3.8) is 0 Å². The first kappa shape index (κ1) is 16.8. The fourth-order valence-corrected chi connectivity index (χ4v) is 2.37. The van der Waals surface area contributed by atoms with Gasteiger partial charge in [-0.15, -0.1) is 0 Å². The lowest BCUT2D eigenvalue weighted by molar-refractivity contribution is -0.385. The molecule has 0 aliphatic heterocycles. The van der Waals surface area contributed by atoms with Crippen molar-refractivity contribution >= 4 is 33.9 Å². The number of nitro benzene ring substituents is 2. The van der Waals surface area contributed by atoms with E-state index in [1.807, 2.05) is 0 Å². The summed E-state index contributed by atoms with van der Waals surface area (Å²) >= 11 is 0. The standard InChI is InChI=1S/C16H9N3O7/c20-15(10-5-1-2-6-12(10)18(22)23)17-11-8-9-4-3-7-13(19(24)25)14(9)26-16(11)21/h1-8H,(H,17,20). The molecule has 26 heavy (non-hydrogen) atoms. The Bertz CT molecular complexity index is 1120. The molecule has 1 heterocycles. The molecule has 10 heteroatoms. The van der Waals surface area contributed by atoms with Gasteiger partial charge in [0.05, 0.1) is 9.85 Å². The van der Waals surface area contributed by atoms with E-state index in [2.05, 4.69) is 5.32 Å². The van der Waals surface area contributed by atoms with Crippen molar-refractivity contribution in [2.75, 3.05) is 5.32 Å². The first-order chi connectivity index (χ1) is 12.4. The van der Waals surface area contributed by atoms with Crippen molar-refractivity contribution < 1.29 is 19.1 Å². The molecule has 1 aromatic heterocycles. The van der Waals surface area contributed by atoms with E-state index in [0.717, 1.165) is 6.07 Å². The minimum atomic E-state index is -1.02. The van der Waals surface area contributed by atoms with Gasteiger partial charge < -0.3 is 9.73 Å². The average Bonchev–Trinajstić information content (AvgIpc) is 2.61. The summed E-state index contributed by atoms with van der Waals surface area (Å²) in [5, 5.41) is 24.5. The van der Waals surface area contributed by atoms with Crippen LogP contribution in [0.3, 0.4) is 0 Å². The maximum atomic E-state index is 12.3. The molecule has 0 spiro atoms. The minimum absolute atomic E-state index is 0.219. The van der Waals surface area contributed by atoms with Crippen LogP contribution in [-0.2, 0) is 0 Å². The fraction of sp³-hybridized carbons (Fsp3) is 0. The van der Waals surface area contributed by atoms with Crippen molar-refractivity contribution in [3.8, 4) is 0 Å². The van der Waals surface area contributed by atoms with Crippen LogP contribution >= 0.6 is 0 Å². The van der Waals surface area contributed by atoms with Crippen LogP contribution in [0.1, 0.15) is 10.4 Å². The van der Waals surface area contributed by atoms with E-state index in [4.69, 9.17) is 4.42 Å². The first-order valence-corrected chi connectivity index (χ1v) is 7.14. The normalized spacial score (nSPS) is 10.5. The summed E-state index contributed by atoms with van der Waals surface area (Å²) in [7, 11) is 0. The predicted octanol–water partition coefficient (Wildman–Crippen LogP) is 2.86. The van der Waals surface area contributed by atoms with Gasteiger partial charge in [0.15, 0.2) is 0 Å². The largest absolute Gasteiger partial charge is 0.414 e. The van der Waals surface area contributed by atoms with E-state index >= 15 is 0 Å². The van der Waals surface area contributed by atoms with Crippen molar-refractivity contribution in [3.05, 3.63) is 84.7 Å². The summed E-state index contributed by atoms with van der Waals surface area (Å²) in [5.74, 6) is -0.880. The topological polar surface area (TPSA) is 146 Å². The predicted molar refractivity (Wildman–Crippen MR) is 90.2 cm³/mol. The van der Waals surface area contributed by atoms with Crippen LogP contribution < -0.4 is 10.9 Å². The van der Waals surface area contributed by atoms with Crippen LogP contribution in [0.25, 0.3) is 11.0 Å². The van der Waals surface area contributed by atoms with Crippen molar-refractivity contribution in [2.24, 2.45) is 0 Å².